The minimum atomic E-state index is 0.00355. The zero-order valence-corrected chi connectivity index (χ0v) is 18.5. The number of carbonyl (C=O) groups excluding carboxylic acids is 1. The van der Waals surface area contributed by atoms with E-state index in [-0.39, 0.29) is 5.97 Å². The number of hydrogen-bond donors (Lipinski definition) is 0. The maximum atomic E-state index is 11.7. The van der Waals surface area contributed by atoms with Gasteiger partial charge in [-0.1, -0.05) is 111 Å². The third-order valence-electron chi connectivity index (χ3n) is 5.07. The van der Waals surface area contributed by atoms with Crippen LogP contribution >= 0.6 is 0 Å². The number of hydrogen-bond acceptors (Lipinski definition) is 2. The molecule has 0 unspecified atom stereocenters. The molecule has 0 amide bonds. The molecule has 0 fully saturated rings. The summed E-state index contributed by atoms with van der Waals surface area (Å²) >= 11 is 0. The van der Waals surface area contributed by atoms with Crippen molar-refractivity contribution in [3.8, 4) is 0 Å². The third-order valence-corrected chi connectivity index (χ3v) is 5.07. The van der Waals surface area contributed by atoms with Crippen LogP contribution < -0.4 is 0 Å². The first-order chi connectivity index (χ1) is 12.5. The van der Waals surface area contributed by atoms with E-state index in [0.29, 0.717) is 18.4 Å². The van der Waals surface area contributed by atoms with Crippen molar-refractivity contribution < 1.29 is 9.53 Å². The van der Waals surface area contributed by atoms with Crippen LogP contribution in [-0.4, -0.2) is 12.6 Å². The zero-order chi connectivity index (χ0) is 19.5. The monoisotopic (exact) mass is 368 g/mol. The first-order valence-corrected chi connectivity index (χ1v) is 11.6. The van der Waals surface area contributed by atoms with E-state index >= 15 is 0 Å². The predicted molar refractivity (Wildman–Crippen MR) is 115 cm³/mol. The summed E-state index contributed by atoms with van der Waals surface area (Å²) in [5.41, 5.74) is 0.412. The Labute approximate surface area is 164 Å². The lowest BCUT2D eigenvalue weighted by atomic mass is 9.89. The van der Waals surface area contributed by atoms with Gasteiger partial charge in [0.2, 0.25) is 0 Å². The van der Waals surface area contributed by atoms with Gasteiger partial charge in [-0.2, -0.15) is 0 Å². The number of esters is 1. The summed E-state index contributed by atoms with van der Waals surface area (Å²) in [4.78, 5) is 11.7. The van der Waals surface area contributed by atoms with Gasteiger partial charge < -0.3 is 4.74 Å². The van der Waals surface area contributed by atoms with Crippen LogP contribution in [0.3, 0.4) is 0 Å². The minimum Gasteiger partial charge on any atom is -0.466 e. The molecule has 0 aromatic carbocycles. The van der Waals surface area contributed by atoms with Crippen molar-refractivity contribution in [3.05, 3.63) is 0 Å². The highest BCUT2D eigenvalue weighted by atomic mass is 16.5. The van der Waals surface area contributed by atoms with Gasteiger partial charge >= 0.3 is 5.97 Å². The van der Waals surface area contributed by atoms with Crippen LogP contribution in [0.4, 0.5) is 0 Å². The van der Waals surface area contributed by atoms with Gasteiger partial charge in [-0.25, -0.2) is 0 Å². The first-order valence-electron chi connectivity index (χ1n) is 11.6. The second kappa shape index (κ2) is 17.9. The molecule has 0 N–H and O–H groups in total. The summed E-state index contributed by atoms with van der Waals surface area (Å²) in [6, 6.07) is 0. The van der Waals surface area contributed by atoms with E-state index in [1.165, 1.54) is 83.5 Å². The Balaban J connectivity index is 3.19. The second-order valence-corrected chi connectivity index (χ2v) is 9.23. The van der Waals surface area contributed by atoms with Gasteiger partial charge in [0.05, 0.1) is 6.61 Å². The Morgan fingerprint density at radius 3 is 1.62 bits per heavy atom. The molecule has 0 aliphatic rings. The highest BCUT2D eigenvalue weighted by Crippen LogP contribution is 2.22. The van der Waals surface area contributed by atoms with Gasteiger partial charge in [0.25, 0.3) is 0 Å². The number of unbranched alkanes of at least 4 members (excludes halogenated alkanes) is 13. The predicted octanol–water partition coefficient (Wildman–Crippen LogP) is 8.23. The topological polar surface area (TPSA) is 26.3 Å². The molecule has 0 bridgehead atoms. The third kappa shape index (κ3) is 21.5. The van der Waals surface area contributed by atoms with Crippen molar-refractivity contribution in [2.45, 2.75) is 137 Å². The second-order valence-electron chi connectivity index (χ2n) is 9.23. The lowest BCUT2D eigenvalue weighted by Crippen LogP contribution is -2.06. The van der Waals surface area contributed by atoms with Gasteiger partial charge in [0, 0.05) is 6.42 Å². The first kappa shape index (κ1) is 25.5. The Kier molecular flexibility index (Phi) is 17.5. The molecular formula is C24H48O2. The van der Waals surface area contributed by atoms with Crippen molar-refractivity contribution in [1.82, 2.24) is 0 Å². The quantitative estimate of drug-likeness (QED) is 0.180. The molecule has 0 heterocycles. The SMILES string of the molecule is CCCCCCCCCCCCCCOC(=O)CCCCCC(C)(C)C. The fourth-order valence-electron chi connectivity index (χ4n) is 3.30. The molecule has 0 rings (SSSR count). The van der Waals surface area contributed by atoms with Gasteiger partial charge in [0.1, 0.15) is 0 Å². The van der Waals surface area contributed by atoms with E-state index < -0.39 is 0 Å². The Morgan fingerprint density at radius 2 is 1.12 bits per heavy atom. The van der Waals surface area contributed by atoms with Crippen molar-refractivity contribution >= 4 is 5.97 Å². The molecule has 0 aliphatic carbocycles. The van der Waals surface area contributed by atoms with E-state index in [1.807, 2.05) is 0 Å². The van der Waals surface area contributed by atoms with E-state index in [9.17, 15) is 4.79 Å². The van der Waals surface area contributed by atoms with Crippen LogP contribution in [0.25, 0.3) is 0 Å². The lowest BCUT2D eigenvalue weighted by Gasteiger charge is -2.17. The molecular weight excluding hydrogens is 320 g/mol. The molecule has 0 saturated carbocycles. The molecule has 26 heavy (non-hydrogen) atoms. The highest BCUT2D eigenvalue weighted by molar-refractivity contribution is 5.69. The van der Waals surface area contributed by atoms with E-state index in [1.54, 1.807) is 0 Å². The average molecular weight is 369 g/mol. The number of rotatable bonds is 18. The minimum absolute atomic E-state index is 0.00355. The molecule has 0 spiro atoms. The van der Waals surface area contributed by atoms with Crippen LogP contribution in [0.5, 0.6) is 0 Å². The van der Waals surface area contributed by atoms with Crippen molar-refractivity contribution in [3.63, 3.8) is 0 Å². The van der Waals surface area contributed by atoms with Crippen LogP contribution in [-0.2, 0) is 9.53 Å². The van der Waals surface area contributed by atoms with E-state index in [2.05, 4.69) is 27.7 Å². The smallest absolute Gasteiger partial charge is 0.305 e. The molecule has 0 radical (unpaired) electrons. The Hall–Kier alpha value is -0.530. The molecule has 2 heteroatoms. The molecule has 156 valence electrons. The highest BCUT2D eigenvalue weighted by Gasteiger charge is 2.09. The van der Waals surface area contributed by atoms with Crippen LogP contribution in [0.1, 0.15) is 137 Å². The van der Waals surface area contributed by atoms with E-state index in [0.717, 1.165) is 19.3 Å². The standard InChI is InChI=1S/C24H48O2/c1-5-6-7-8-9-10-11-12-13-14-15-19-22-26-23(25)20-17-16-18-21-24(2,3)4/h5-22H2,1-4H3. The van der Waals surface area contributed by atoms with Gasteiger partial charge in [-0.3, -0.25) is 4.79 Å². The summed E-state index contributed by atoms with van der Waals surface area (Å²) in [5, 5.41) is 0. The summed E-state index contributed by atoms with van der Waals surface area (Å²) in [5.74, 6) is 0.00355. The van der Waals surface area contributed by atoms with Crippen LogP contribution in [0, 0.1) is 5.41 Å². The maximum Gasteiger partial charge on any atom is 0.305 e. The van der Waals surface area contributed by atoms with Crippen molar-refractivity contribution in [1.29, 1.82) is 0 Å². The van der Waals surface area contributed by atoms with Gasteiger partial charge in [0.15, 0.2) is 0 Å². The van der Waals surface area contributed by atoms with Gasteiger partial charge in [-0.05, 0) is 24.7 Å². The maximum absolute atomic E-state index is 11.7. The van der Waals surface area contributed by atoms with Crippen LogP contribution in [0.15, 0.2) is 0 Å². The number of carbonyl (C=O) groups is 1. The summed E-state index contributed by atoms with van der Waals surface area (Å²) in [6.07, 6.45) is 21.3. The zero-order valence-electron chi connectivity index (χ0n) is 18.5. The summed E-state index contributed by atoms with van der Waals surface area (Å²) in [6.45, 7) is 9.72. The lowest BCUT2D eigenvalue weighted by molar-refractivity contribution is -0.143. The van der Waals surface area contributed by atoms with Gasteiger partial charge in [-0.15, -0.1) is 0 Å². The fraction of sp³-hybridized carbons (Fsp3) is 0.958. The molecule has 0 aromatic heterocycles. The van der Waals surface area contributed by atoms with Crippen molar-refractivity contribution in [2.75, 3.05) is 6.61 Å². The average Bonchev–Trinajstić information content (AvgIpc) is 2.57. The molecule has 0 saturated heterocycles. The number of ether oxygens (including phenoxy) is 1. The largest absolute Gasteiger partial charge is 0.466 e. The fourth-order valence-corrected chi connectivity index (χ4v) is 3.30. The molecule has 0 aromatic rings. The van der Waals surface area contributed by atoms with E-state index in [4.69, 9.17) is 4.74 Å². The molecule has 2 nitrogen and oxygen atoms in total. The van der Waals surface area contributed by atoms with Crippen molar-refractivity contribution in [2.24, 2.45) is 5.41 Å². The molecule has 0 aliphatic heterocycles. The Bertz CT molecular complexity index is 304. The molecule has 0 atom stereocenters. The normalized spacial score (nSPS) is 11.7. The van der Waals surface area contributed by atoms with Crippen LogP contribution in [0.2, 0.25) is 0 Å². The summed E-state index contributed by atoms with van der Waals surface area (Å²) < 4.78 is 5.34. The Morgan fingerprint density at radius 1 is 0.654 bits per heavy atom. The summed E-state index contributed by atoms with van der Waals surface area (Å²) in [7, 11) is 0.